The van der Waals surface area contributed by atoms with Crippen LogP contribution >= 0.6 is 0 Å². The Morgan fingerprint density at radius 3 is 2.36 bits per heavy atom. The Hall–Kier alpha value is -1.42. The maximum atomic E-state index is 12.6. The molecule has 14 heavy (non-hydrogen) atoms. The van der Waals surface area contributed by atoms with Crippen LogP contribution in [-0.4, -0.2) is 11.1 Å². The van der Waals surface area contributed by atoms with Gasteiger partial charge >= 0.3 is 5.97 Å². The van der Waals surface area contributed by atoms with E-state index in [1.807, 2.05) is 0 Å². The van der Waals surface area contributed by atoms with Gasteiger partial charge in [0.15, 0.2) is 0 Å². The van der Waals surface area contributed by atoms with Crippen molar-refractivity contribution >= 4 is 5.97 Å². The lowest BCUT2D eigenvalue weighted by Gasteiger charge is -2.15. The second kappa shape index (κ2) is 4.19. The summed E-state index contributed by atoms with van der Waals surface area (Å²) in [4.78, 5) is 10.6. The molecule has 1 aromatic carbocycles. The average Bonchev–Trinajstić information content (AvgIpc) is 2.16. The molecule has 0 aliphatic rings. The normalized spacial score (nSPS) is 14.8. The van der Waals surface area contributed by atoms with E-state index in [0.29, 0.717) is 5.56 Å². The number of rotatable bonds is 3. The lowest BCUT2D eigenvalue weighted by atomic mass is 9.96. The van der Waals surface area contributed by atoms with Gasteiger partial charge in [-0.05, 0) is 17.7 Å². The van der Waals surface area contributed by atoms with E-state index in [1.165, 1.54) is 31.2 Å². The van der Waals surface area contributed by atoms with E-state index in [0.717, 1.165) is 0 Å². The Labute approximate surface area is 81.4 Å². The van der Waals surface area contributed by atoms with Crippen molar-refractivity contribution in [3.63, 3.8) is 0 Å². The van der Waals surface area contributed by atoms with Crippen LogP contribution in [0.15, 0.2) is 24.3 Å². The van der Waals surface area contributed by atoms with Crippen LogP contribution in [0, 0.1) is 11.7 Å². The average molecular weight is 197 g/mol. The molecule has 3 N–H and O–H groups in total. The van der Waals surface area contributed by atoms with Crippen molar-refractivity contribution < 1.29 is 14.3 Å². The Kier molecular flexibility index (Phi) is 3.19. The van der Waals surface area contributed by atoms with E-state index >= 15 is 0 Å². The van der Waals surface area contributed by atoms with Crippen molar-refractivity contribution in [3.8, 4) is 0 Å². The van der Waals surface area contributed by atoms with Crippen LogP contribution in [0.2, 0.25) is 0 Å². The molecule has 1 rings (SSSR count). The van der Waals surface area contributed by atoms with Crippen LogP contribution in [0.3, 0.4) is 0 Å². The third-order valence-electron chi connectivity index (χ3n) is 2.18. The second-order valence-electron chi connectivity index (χ2n) is 3.20. The highest BCUT2D eigenvalue weighted by Gasteiger charge is 2.21. The predicted molar refractivity (Wildman–Crippen MR) is 50.1 cm³/mol. The first-order chi connectivity index (χ1) is 6.52. The summed E-state index contributed by atoms with van der Waals surface area (Å²) in [5, 5.41) is 8.71. The van der Waals surface area contributed by atoms with Gasteiger partial charge in [0.25, 0.3) is 0 Å². The number of aliphatic carboxylic acids is 1. The highest BCUT2D eigenvalue weighted by Crippen LogP contribution is 2.19. The quantitative estimate of drug-likeness (QED) is 0.772. The third kappa shape index (κ3) is 2.29. The zero-order valence-corrected chi connectivity index (χ0v) is 7.77. The molecule has 0 aliphatic carbocycles. The lowest BCUT2D eigenvalue weighted by molar-refractivity contribution is -0.141. The van der Waals surface area contributed by atoms with E-state index in [9.17, 15) is 9.18 Å². The maximum Gasteiger partial charge on any atom is 0.308 e. The summed E-state index contributed by atoms with van der Waals surface area (Å²) in [5.41, 5.74) is 6.31. The fourth-order valence-corrected chi connectivity index (χ4v) is 1.13. The number of nitrogens with two attached hydrogens (primary N) is 1. The molecule has 2 unspecified atom stereocenters. The SMILES string of the molecule is CC(C(=O)O)C(N)c1ccc(F)cc1. The lowest BCUT2D eigenvalue weighted by Crippen LogP contribution is -2.25. The molecule has 0 heterocycles. The number of carboxylic acids is 1. The van der Waals surface area contributed by atoms with E-state index in [4.69, 9.17) is 10.8 Å². The maximum absolute atomic E-state index is 12.6. The summed E-state index contributed by atoms with van der Waals surface area (Å²) in [7, 11) is 0. The number of hydrogen-bond acceptors (Lipinski definition) is 2. The highest BCUT2D eigenvalue weighted by molar-refractivity contribution is 5.70. The van der Waals surface area contributed by atoms with E-state index in [2.05, 4.69) is 0 Å². The standard InChI is InChI=1S/C10H12FNO2/c1-6(10(13)14)9(12)7-2-4-8(11)5-3-7/h2-6,9H,12H2,1H3,(H,13,14). The molecule has 0 saturated carbocycles. The minimum Gasteiger partial charge on any atom is -0.481 e. The molecule has 4 heteroatoms. The highest BCUT2D eigenvalue weighted by atomic mass is 19.1. The molecular formula is C10H12FNO2. The molecule has 0 amide bonds. The summed E-state index contributed by atoms with van der Waals surface area (Å²) in [6.07, 6.45) is 0. The van der Waals surface area contributed by atoms with Gasteiger partial charge in [0.2, 0.25) is 0 Å². The molecule has 3 nitrogen and oxygen atoms in total. The first-order valence-corrected chi connectivity index (χ1v) is 4.26. The number of hydrogen-bond donors (Lipinski definition) is 2. The van der Waals surface area contributed by atoms with Crippen LogP contribution in [0.5, 0.6) is 0 Å². The second-order valence-corrected chi connectivity index (χ2v) is 3.20. The Bertz CT molecular complexity index is 323. The van der Waals surface area contributed by atoms with Crippen LogP contribution in [0.4, 0.5) is 4.39 Å². The van der Waals surface area contributed by atoms with Crippen LogP contribution in [0.1, 0.15) is 18.5 Å². The van der Waals surface area contributed by atoms with Crippen molar-refractivity contribution in [1.29, 1.82) is 0 Å². The number of halogens is 1. The molecular weight excluding hydrogens is 185 g/mol. The van der Waals surface area contributed by atoms with Crippen molar-refractivity contribution in [2.45, 2.75) is 13.0 Å². The van der Waals surface area contributed by atoms with Crippen LogP contribution < -0.4 is 5.73 Å². The summed E-state index contributed by atoms with van der Waals surface area (Å²) < 4.78 is 12.6. The van der Waals surface area contributed by atoms with Gasteiger partial charge in [0.1, 0.15) is 5.82 Å². The fourth-order valence-electron chi connectivity index (χ4n) is 1.13. The molecule has 0 bridgehead atoms. The number of carbonyl (C=O) groups is 1. The minimum absolute atomic E-state index is 0.357. The Balaban J connectivity index is 2.84. The van der Waals surface area contributed by atoms with E-state index in [1.54, 1.807) is 0 Å². The van der Waals surface area contributed by atoms with E-state index < -0.39 is 17.9 Å². The Morgan fingerprint density at radius 2 is 1.93 bits per heavy atom. The van der Waals surface area contributed by atoms with Gasteiger partial charge in [-0.2, -0.15) is 0 Å². The summed E-state index contributed by atoms with van der Waals surface area (Å²) in [5.74, 6) is -1.99. The van der Waals surface area contributed by atoms with Gasteiger partial charge < -0.3 is 10.8 Å². The molecule has 0 saturated heterocycles. The van der Waals surface area contributed by atoms with Crippen molar-refractivity contribution in [2.24, 2.45) is 11.7 Å². The van der Waals surface area contributed by atoms with Crippen LogP contribution in [-0.2, 0) is 4.79 Å². The minimum atomic E-state index is -0.957. The molecule has 0 spiro atoms. The summed E-state index contributed by atoms with van der Waals surface area (Å²) in [6.45, 7) is 1.52. The molecule has 1 aromatic rings. The van der Waals surface area contributed by atoms with Crippen LogP contribution in [0.25, 0.3) is 0 Å². The van der Waals surface area contributed by atoms with Crippen molar-refractivity contribution in [2.75, 3.05) is 0 Å². The molecule has 76 valence electrons. The topological polar surface area (TPSA) is 63.3 Å². The van der Waals surface area contributed by atoms with Gasteiger partial charge in [-0.15, -0.1) is 0 Å². The van der Waals surface area contributed by atoms with Crippen molar-refractivity contribution in [3.05, 3.63) is 35.6 Å². The monoisotopic (exact) mass is 197 g/mol. The van der Waals surface area contributed by atoms with Gasteiger partial charge in [0.05, 0.1) is 5.92 Å². The van der Waals surface area contributed by atoms with E-state index in [-0.39, 0.29) is 5.82 Å². The van der Waals surface area contributed by atoms with Gasteiger partial charge in [-0.1, -0.05) is 19.1 Å². The molecule has 2 atom stereocenters. The number of benzene rings is 1. The van der Waals surface area contributed by atoms with Crippen molar-refractivity contribution in [1.82, 2.24) is 0 Å². The predicted octanol–water partition coefficient (Wildman–Crippen LogP) is 1.55. The van der Waals surface area contributed by atoms with Gasteiger partial charge in [-0.25, -0.2) is 4.39 Å². The molecule has 0 aliphatic heterocycles. The zero-order valence-electron chi connectivity index (χ0n) is 7.77. The van der Waals surface area contributed by atoms with Gasteiger partial charge in [-0.3, -0.25) is 4.79 Å². The third-order valence-corrected chi connectivity index (χ3v) is 2.18. The smallest absolute Gasteiger partial charge is 0.308 e. The fraction of sp³-hybridized carbons (Fsp3) is 0.300. The Morgan fingerprint density at radius 1 is 1.43 bits per heavy atom. The zero-order chi connectivity index (χ0) is 10.7. The van der Waals surface area contributed by atoms with Gasteiger partial charge in [0, 0.05) is 6.04 Å². The first kappa shape index (κ1) is 10.7. The first-order valence-electron chi connectivity index (χ1n) is 4.26. The number of carboxylic acid groups (broad SMARTS) is 1. The largest absolute Gasteiger partial charge is 0.481 e. The molecule has 0 radical (unpaired) electrons. The molecule has 0 aromatic heterocycles. The molecule has 0 fully saturated rings. The summed E-state index contributed by atoms with van der Waals surface area (Å²) in [6, 6.07) is 4.93. The summed E-state index contributed by atoms with van der Waals surface area (Å²) >= 11 is 0.